The molecule has 11 heteroatoms. The highest BCUT2D eigenvalue weighted by atomic mass is 19.4. The molecule has 35 heavy (non-hydrogen) atoms. The molecule has 0 bridgehead atoms. The van der Waals surface area contributed by atoms with Gasteiger partial charge in [-0.25, -0.2) is 14.3 Å². The van der Waals surface area contributed by atoms with Crippen molar-refractivity contribution >= 4 is 11.8 Å². The fraction of sp³-hybridized carbons (Fsp3) is 0.250. The number of carbonyl (C=O) groups is 2. The summed E-state index contributed by atoms with van der Waals surface area (Å²) in [4.78, 5) is 24.4. The zero-order valence-corrected chi connectivity index (χ0v) is 18.3. The lowest BCUT2D eigenvalue weighted by Crippen LogP contribution is -2.62. The summed E-state index contributed by atoms with van der Waals surface area (Å²) in [5.74, 6) is 8.13. The number of halogens is 5. The lowest BCUT2D eigenvalue weighted by molar-refractivity contribution is -0.157. The van der Waals surface area contributed by atoms with E-state index < -0.39 is 41.6 Å². The minimum absolute atomic E-state index is 0.00912. The van der Waals surface area contributed by atoms with Crippen LogP contribution in [0.3, 0.4) is 0 Å². The van der Waals surface area contributed by atoms with E-state index in [0.29, 0.717) is 11.1 Å². The van der Waals surface area contributed by atoms with Crippen molar-refractivity contribution in [3.8, 4) is 23.7 Å². The van der Waals surface area contributed by atoms with Gasteiger partial charge in [-0.2, -0.15) is 13.2 Å². The summed E-state index contributed by atoms with van der Waals surface area (Å²) < 4.78 is 69.3. The number of ether oxygens (including phenoxy) is 1. The fourth-order valence-electron chi connectivity index (χ4n) is 2.74. The third-order valence-electron chi connectivity index (χ3n) is 4.93. The molecule has 0 radical (unpaired) electrons. The van der Waals surface area contributed by atoms with Crippen LogP contribution in [0.25, 0.3) is 0 Å². The molecule has 3 N–H and O–H groups in total. The van der Waals surface area contributed by atoms with Crippen molar-refractivity contribution in [3.63, 3.8) is 0 Å². The molecule has 2 rings (SSSR count). The number of methoxy groups -OCH3 is 1. The number of benzene rings is 2. The Morgan fingerprint density at radius 1 is 0.943 bits per heavy atom. The first-order valence-electron chi connectivity index (χ1n) is 9.80. The van der Waals surface area contributed by atoms with E-state index >= 15 is 0 Å². The Balaban J connectivity index is 2.11. The van der Waals surface area contributed by atoms with E-state index in [-0.39, 0.29) is 5.56 Å². The average molecular weight is 494 g/mol. The first-order chi connectivity index (χ1) is 16.4. The standard InChI is InChI=1S/C24H19F5N2O4/c1-23(35-2,22(25)26)19(21(33)31-34)30-20(32)17-11-7-15(8-12-17)5-3-4-6-16-9-13-18(14-10-16)24(27,28)29/h7-14,19,22,34H,1-2H3,(H,30,32)(H,31,33). The van der Waals surface area contributed by atoms with Crippen molar-refractivity contribution in [1.82, 2.24) is 10.8 Å². The molecule has 2 unspecified atom stereocenters. The van der Waals surface area contributed by atoms with Gasteiger partial charge in [0.1, 0.15) is 6.04 Å². The third-order valence-corrected chi connectivity index (χ3v) is 4.93. The number of nitrogens with one attached hydrogen (secondary N) is 2. The van der Waals surface area contributed by atoms with Crippen LogP contribution in [0.1, 0.15) is 34.0 Å². The van der Waals surface area contributed by atoms with Gasteiger partial charge in [-0.15, -0.1) is 0 Å². The summed E-state index contributed by atoms with van der Waals surface area (Å²) in [6, 6.07) is 7.86. The molecular formula is C24H19F5N2O4. The maximum absolute atomic E-state index is 13.4. The molecule has 0 aromatic heterocycles. The Hall–Kier alpha value is -3.93. The van der Waals surface area contributed by atoms with Crippen molar-refractivity contribution in [3.05, 3.63) is 70.8 Å². The van der Waals surface area contributed by atoms with Gasteiger partial charge >= 0.3 is 6.18 Å². The molecule has 0 saturated carbocycles. The Labute approximate surface area is 197 Å². The summed E-state index contributed by atoms with van der Waals surface area (Å²) in [6.07, 6.45) is -7.61. The highest BCUT2D eigenvalue weighted by Gasteiger charge is 2.48. The predicted octanol–water partition coefficient (Wildman–Crippen LogP) is 3.38. The first-order valence-corrected chi connectivity index (χ1v) is 9.80. The molecule has 184 valence electrons. The summed E-state index contributed by atoms with van der Waals surface area (Å²) in [5, 5.41) is 11.0. The van der Waals surface area contributed by atoms with Gasteiger partial charge in [-0.05, 0) is 67.3 Å². The summed E-state index contributed by atoms with van der Waals surface area (Å²) in [6.45, 7) is 0.905. The molecule has 0 aliphatic rings. The number of hydroxylamine groups is 1. The molecule has 2 amide bonds. The zero-order valence-electron chi connectivity index (χ0n) is 18.3. The Bertz CT molecular complexity index is 1170. The van der Waals surface area contributed by atoms with E-state index in [0.717, 1.165) is 26.2 Å². The Kier molecular flexibility index (Phi) is 8.95. The quantitative estimate of drug-likeness (QED) is 0.249. The second kappa shape index (κ2) is 11.5. The van der Waals surface area contributed by atoms with Crippen molar-refractivity contribution in [2.24, 2.45) is 0 Å². The van der Waals surface area contributed by atoms with Crippen LogP contribution in [0.4, 0.5) is 22.0 Å². The lowest BCUT2D eigenvalue weighted by atomic mass is 9.95. The zero-order chi connectivity index (χ0) is 26.2. The lowest BCUT2D eigenvalue weighted by Gasteiger charge is -2.34. The average Bonchev–Trinajstić information content (AvgIpc) is 2.84. The molecule has 2 aromatic carbocycles. The van der Waals surface area contributed by atoms with Crippen LogP contribution >= 0.6 is 0 Å². The van der Waals surface area contributed by atoms with E-state index in [1.165, 1.54) is 41.9 Å². The minimum atomic E-state index is -4.44. The highest BCUT2D eigenvalue weighted by Crippen LogP contribution is 2.29. The van der Waals surface area contributed by atoms with Gasteiger partial charge in [-0.3, -0.25) is 14.8 Å². The second-order valence-electron chi connectivity index (χ2n) is 7.22. The van der Waals surface area contributed by atoms with Crippen LogP contribution in [0.2, 0.25) is 0 Å². The van der Waals surface area contributed by atoms with Crippen molar-refractivity contribution < 1.29 is 41.5 Å². The summed E-state index contributed by atoms with van der Waals surface area (Å²) >= 11 is 0. The summed E-state index contributed by atoms with van der Waals surface area (Å²) in [5.41, 5.74) is -1.20. The van der Waals surface area contributed by atoms with Gasteiger partial charge in [-0.1, -0.05) is 11.8 Å². The van der Waals surface area contributed by atoms with Crippen LogP contribution < -0.4 is 10.8 Å². The predicted molar refractivity (Wildman–Crippen MR) is 114 cm³/mol. The molecule has 0 fully saturated rings. The maximum Gasteiger partial charge on any atom is 0.416 e. The maximum atomic E-state index is 13.4. The van der Waals surface area contributed by atoms with Crippen molar-refractivity contribution in [2.75, 3.05) is 7.11 Å². The van der Waals surface area contributed by atoms with E-state index in [9.17, 15) is 31.5 Å². The molecule has 0 aliphatic carbocycles. The highest BCUT2D eigenvalue weighted by molar-refractivity contribution is 5.97. The van der Waals surface area contributed by atoms with Crippen LogP contribution in [0.15, 0.2) is 48.5 Å². The van der Waals surface area contributed by atoms with Gasteiger partial charge in [0.15, 0.2) is 5.60 Å². The second-order valence-corrected chi connectivity index (χ2v) is 7.22. The largest absolute Gasteiger partial charge is 0.416 e. The van der Waals surface area contributed by atoms with E-state index in [2.05, 4.69) is 29.0 Å². The Morgan fingerprint density at radius 3 is 1.83 bits per heavy atom. The van der Waals surface area contributed by atoms with Crippen LogP contribution in [0.5, 0.6) is 0 Å². The molecule has 0 heterocycles. The fourth-order valence-corrected chi connectivity index (χ4v) is 2.74. The van der Waals surface area contributed by atoms with Gasteiger partial charge < -0.3 is 10.1 Å². The monoisotopic (exact) mass is 494 g/mol. The molecule has 6 nitrogen and oxygen atoms in total. The number of hydrogen-bond donors (Lipinski definition) is 3. The number of alkyl halides is 5. The number of rotatable bonds is 6. The first kappa shape index (κ1) is 27.3. The van der Waals surface area contributed by atoms with Crippen molar-refractivity contribution in [2.45, 2.75) is 31.2 Å². The number of carbonyl (C=O) groups excluding carboxylic acids is 2. The van der Waals surface area contributed by atoms with Crippen molar-refractivity contribution in [1.29, 1.82) is 0 Å². The van der Waals surface area contributed by atoms with E-state index in [1.807, 2.05) is 0 Å². The number of hydrogen-bond acceptors (Lipinski definition) is 4. The van der Waals surface area contributed by atoms with Gasteiger partial charge in [0.2, 0.25) is 0 Å². The third kappa shape index (κ3) is 7.03. The van der Waals surface area contributed by atoms with Crippen LogP contribution in [-0.2, 0) is 15.7 Å². The summed E-state index contributed by atoms with van der Waals surface area (Å²) in [7, 11) is 0.934. The van der Waals surface area contributed by atoms with Gasteiger partial charge in [0.25, 0.3) is 18.2 Å². The molecule has 2 aromatic rings. The molecule has 2 atom stereocenters. The molecule has 0 spiro atoms. The smallest absolute Gasteiger partial charge is 0.370 e. The van der Waals surface area contributed by atoms with Crippen LogP contribution in [-0.4, -0.2) is 42.2 Å². The SMILES string of the molecule is COC(C)(C(F)F)C(NC(=O)c1ccc(C#CC#Cc2ccc(C(F)(F)F)cc2)cc1)C(=O)NO. The molecule has 0 saturated heterocycles. The minimum Gasteiger partial charge on any atom is -0.370 e. The topological polar surface area (TPSA) is 87.7 Å². The normalized spacial score (nSPS) is 13.4. The molecule has 0 aliphatic heterocycles. The Morgan fingerprint density at radius 2 is 1.43 bits per heavy atom. The molecular weight excluding hydrogens is 475 g/mol. The number of amides is 2. The van der Waals surface area contributed by atoms with E-state index in [4.69, 9.17) is 9.94 Å². The van der Waals surface area contributed by atoms with E-state index in [1.54, 1.807) is 0 Å². The van der Waals surface area contributed by atoms with Gasteiger partial charge in [0.05, 0.1) is 5.56 Å². The van der Waals surface area contributed by atoms with Gasteiger partial charge in [0, 0.05) is 23.8 Å². The van der Waals surface area contributed by atoms with Crippen LogP contribution in [0, 0.1) is 23.7 Å².